The number of amides is 4. The zero-order chi connectivity index (χ0) is 45.0. The van der Waals surface area contributed by atoms with E-state index in [1.165, 1.54) is 0 Å². The molecule has 2 aromatic heterocycles. The monoisotopic (exact) mass is 865 g/mol. The van der Waals surface area contributed by atoms with Crippen molar-refractivity contribution in [3.63, 3.8) is 0 Å². The Morgan fingerprint density at radius 3 is 1.71 bits per heavy atom. The highest BCUT2D eigenvalue weighted by atomic mass is 32.1. The molecule has 5 aromatic rings. The molecule has 4 atom stereocenters. The van der Waals surface area contributed by atoms with Crippen molar-refractivity contribution < 1.29 is 33.9 Å². The van der Waals surface area contributed by atoms with Gasteiger partial charge in [-0.05, 0) is 40.7 Å². The molecule has 0 radical (unpaired) electrons. The molecule has 0 saturated carbocycles. The number of carboxylic acid groups (broad SMARTS) is 1. The number of hydrogen-bond acceptors (Lipinski definition) is 8. The van der Waals surface area contributed by atoms with Crippen LogP contribution < -0.4 is 26.6 Å². The summed E-state index contributed by atoms with van der Waals surface area (Å²) in [6.07, 6.45) is 4.42. The molecule has 0 aliphatic heterocycles. The van der Waals surface area contributed by atoms with Gasteiger partial charge in [0.1, 0.15) is 23.9 Å². The van der Waals surface area contributed by atoms with E-state index in [0.717, 1.165) is 32.9 Å². The van der Waals surface area contributed by atoms with Crippen LogP contribution in [0.15, 0.2) is 91.3 Å². The number of benzene rings is 3. The number of aromatic amines is 2. The first-order valence-corrected chi connectivity index (χ1v) is 21.2. The number of rotatable bonds is 23. The van der Waals surface area contributed by atoms with E-state index in [2.05, 4.69) is 49.2 Å². The number of aliphatic carboxylic acids is 1. The first-order valence-electron chi connectivity index (χ1n) is 20.6. The lowest BCUT2D eigenvalue weighted by molar-refractivity contribution is -0.141. The molecular formula is C46H57N8O7S-. The Hall–Kier alpha value is -5.97. The number of fused-ring (bicyclic) bond motifs is 2. The molecule has 0 aliphatic rings. The number of aromatic nitrogens is 2. The predicted octanol–water partition coefficient (Wildman–Crippen LogP) is 4.43. The first-order chi connectivity index (χ1) is 29.4. The normalized spacial score (nSPS) is 13.8. The number of H-pyrrole nitrogens is 2. The molecule has 4 amide bonds. The summed E-state index contributed by atoms with van der Waals surface area (Å²) in [5.74, 6) is -4.27. The Morgan fingerprint density at radius 2 is 1.18 bits per heavy atom. The van der Waals surface area contributed by atoms with Crippen LogP contribution in [0, 0.1) is 5.41 Å². The number of Topliss-reactive ketones (excluding diaryl/α,β-unsaturated/α-hetero) is 1. The fourth-order valence-corrected chi connectivity index (χ4v) is 8.17. The highest BCUT2D eigenvalue weighted by Gasteiger charge is 2.32. The SMILES string of the molecule is CC(C)([NH-])CC(C)(C)CC(=O)CNC(Cc1ccccc1)C(=O)NC(Cc1c[nH]c2ccccc12)C(=O)NC(Cc1c[nH]c2ccccc12)C(=O)NCC(=O)NC(CS)C(=O)O. The van der Waals surface area contributed by atoms with Gasteiger partial charge in [0.05, 0.1) is 19.1 Å². The fourth-order valence-electron chi connectivity index (χ4n) is 7.92. The molecule has 15 nitrogen and oxygen atoms in total. The second-order valence-electron chi connectivity index (χ2n) is 17.2. The average molecular weight is 866 g/mol. The van der Waals surface area contributed by atoms with Crippen LogP contribution in [0.3, 0.4) is 0 Å². The molecule has 0 spiro atoms. The van der Waals surface area contributed by atoms with Crippen molar-refractivity contribution in [2.45, 2.75) is 89.5 Å². The summed E-state index contributed by atoms with van der Waals surface area (Å²) in [4.78, 5) is 86.9. The summed E-state index contributed by atoms with van der Waals surface area (Å²) in [6, 6.07) is 19.6. The third kappa shape index (κ3) is 13.8. The van der Waals surface area contributed by atoms with E-state index in [1.54, 1.807) is 26.2 Å². The largest absolute Gasteiger partial charge is 0.672 e. The van der Waals surface area contributed by atoms with Crippen LogP contribution in [0.2, 0.25) is 0 Å². The number of carbonyl (C=O) groups excluding carboxylic acids is 5. The molecule has 5 rings (SSSR count). The highest BCUT2D eigenvalue weighted by molar-refractivity contribution is 7.80. The van der Waals surface area contributed by atoms with Crippen molar-refractivity contribution in [3.8, 4) is 0 Å². The summed E-state index contributed by atoms with van der Waals surface area (Å²) in [7, 11) is 0. The zero-order valence-electron chi connectivity index (χ0n) is 35.5. The highest BCUT2D eigenvalue weighted by Crippen LogP contribution is 2.33. The maximum Gasteiger partial charge on any atom is 0.327 e. The van der Waals surface area contributed by atoms with E-state index in [9.17, 15) is 33.9 Å². The first kappa shape index (κ1) is 47.1. The maximum absolute atomic E-state index is 14.6. The van der Waals surface area contributed by atoms with Gasteiger partial charge in [0.15, 0.2) is 0 Å². The van der Waals surface area contributed by atoms with Crippen molar-refractivity contribution in [2.75, 3.05) is 18.8 Å². The number of ketones is 1. The van der Waals surface area contributed by atoms with Gasteiger partial charge >= 0.3 is 5.97 Å². The number of thiol groups is 1. The van der Waals surface area contributed by atoms with Crippen LogP contribution in [-0.4, -0.2) is 99.0 Å². The summed E-state index contributed by atoms with van der Waals surface area (Å²) < 4.78 is 0. The van der Waals surface area contributed by atoms with E-state index in [-0.39, 0.29) is 43.8 Å². The van der Waals surface area contributed by atoms with Gasteiger partial charge in [0.25, 0.3) is 0 Å². The van der Waals surface area contributed by atoms with Crippen LogP contribution in [0.1, 0.15) is 57.2 Å². The molecule has 16 heteroatoms. The third-order valence-electron chi connectivity index (χ3n) is 10.4. The van der Waals surface area contributed by atoms with Crippen LogP contribution in [0.25, 0.3) is 27.5 Å². The molecule has 2 heterocycles. The Balaban J connectivity index is 1.42. The average Bonchev–Trinajstić information content (AvgIpc) is 3.82. The van der Waals surface area contributed by atoms with Gasteiger partial charge in [-0.2, -0.15) is 12.6 Å². The Morgan fingerprint density at radius 1 is 0.661 bits per heavy atom. The molecule has 330 valence electrons. The lowest BCUT2D eigenvalue weighted by atomic mass is 9.77. The standard InChI is InChI=1S/C46H57N8O7S/c1-45(2,27-46(3,4)47)21-31(55)24-50-36(18-28-12-6-5-7-13-28)42(58)54-38(20-30-23-49-35-17-11-9-15-33(30)35)43(59)53-37(19-29-22-48-34-16-10-8-14-32(29)34)41(57)51-25-40(56)52-39(26-62)44(60)61/h5-17,22-23,36-39,47-50,62H,18-21,24-27H2,1-4H3,(H,51,57)(H,52,56)(H,53,59)(H,54,58)(H,60,61)/q-1. The molecule has 3 aromatic carbocycles. The molecule has 0 bridgehead atoms. The van der Waals surface area contributed by atoms with Crippen molar-refractivity contribution in [1.29, 1.82) is 0 Å². The molecule has 4 unspecified atom stereocenters. The number of para-hydroxylation sites is 2. The quantitative estimate of drug-likeness (QED) is 0.0425. The van der Waals surface area contributed by atoms with Crippen LogP contribution in [0.5, 0.6) is 0 Å². The van der Waals surface area contributed by atoms with E-state index in [4.69, 9.17) is 5.73 Å². The fraction of sp³-hybridized carbons (Fsp3) is 0.391. The van der Waals surface area contributed by atoms with Crippen LogP contribution in [-0.2, 0) is 48.0 Å². The molecule has 62 heavy (non-hydrogen) atoms. The number of carbonyl (C=O) groups is 6. The van der Waals surface area contributed by atoms with Gasteiger partial charge in [-0.3, -0.25) is 29.3 Å². The smallest absolute Gasteiger partial charge is 0.327 e. The van der Waals surface area contributed by atoms with Gasteiger partial charge in [0.2, 0.25) is 23.6 Å². The summed E-state index contributed by atoms with van der Waals surface area (Å²) in [5, 5.41) is 24.8. The van der Waals surface area contributed by atoms with Crippen molar-refractivity contribution >= 4 is 69.8 Å². The Bertz CT molecular complexity index is 2350. The van der Waals surface area contributed by atoms with Crippen LogP contribution in [0.4, 0.5) is 0 Å². The molecular weight excluding hydrogens is 809 g/mol. The van der Waals surface area contributed by atoms with Gasteiger partial charge in [-0.25, -0.2) is 4.79 Å². The zero-order valence-corrected chi connectivity index (χ0v) is 36.4. The van der Waals surface area contributed by atoms with Crippen LogP contribution >= 0.6 is 12.6 Å². The van der Waals surface area contributed by atoms with E-state index < -0.39 is 71.3 Å². The van der Waals surface area contributed by atoms with Crippen molar-refractivity contribution in [1.82, 2.24) is 36.6 Å². The summed E-state index contributed by atoms with van der Waals surface area (Å²) in [6.45, 7) is 6.81. The minimum atomic E-state index is -1.28. The minimum absolute atomic E-state index is 0.000598. The minimum Gasteiger partial charge on any atom is -0.672 e. The number of carboxylic acids is 1. The molecule has 9 N–H and O–H groups in total. The molecule has 0 aliphatic carbocycles. The van der Waals surface area contributed by atoms with E-state index in [1.807, 2.05) is 92.7 Å². The van der Waals surface area contributed by atoms with Crippen molar-refractivity contribution in [3.05, 3.63) is 114 Å². The van der Waals surface area contributed by atoms with Gasteiger partial charge in [-0.1, -0.05) is 101 Å². The lowest BCUT2D eigenvalue weighted by Crippen LogP contribution is -2.58. The maximum atomic E-state index is 14.6. The lowest BCUT2D eigenvalue weighted by Gasteiger charge is -2.38. The summed E-state index contributed by atoms with van der Waals surface area (Å²) in [5.41, 5.74) is 11.1. The third-order valence-corrected chi connectivity index (χ3v) is 10.8. The topological polar surface area (TPSA) is 238 Å². The van der Waals surface area contributed by atoms with Gasteiger partial charge in [-0.15, -0.1) is 5.54 Å². The molecule has 0 fully saturated rings. The second kappa shape index (κ2) is 21.2. The van der Waals surface area contributed by atoms with Crippen molar-refractivity contribution in [2.24, 2.45) is 5.41 Å². The predicted molar refractivity (Wildman–Crippen MR) is 243 cm³/mol. The molecule has 0 saturated heterocycles. The Labute approximate surface area is 366 Å². The number of nitrogens with one attached hydrogen (secondary N) is 8. The van der Waals surface area contributed by atoms with Gasteiger partial charge < -0.3 is 42.1 Å². The van der Waals surface area contributed by atoms with E-state index in [0.29, 0.717) is 12.0 Å². The number of hydrogen-bond donors (Lipinski definition) is 9. The van der Waals surface area contributed by atoms with E-state index >= 15 is 0 Å². The Kier molecular flexibility index (Phi) is 16.1. The van der Waals surface area contributed by atoms with Gasteiger partial charge in [0, 0.05) is 59.2 Å². The summed E-state index contributed by atoms with van der Waals surface area (Å²) >= 11 is 3.98. The second-order valence-corrected chi connectivity index (χ2v) is 17.5.